The minimum atomic E-state index is -0.713. The quantitative estimate of drug-likeness (QED) is 0.673. The standard InChI is InChI=1S/C11H8F2O/c1-2-4-8(14)7-9-10(12)5-3-6-11(9)13/h1,3,5-6H,4,7H2. The maximum atomic E-state index is 13.0. The molecule has 0 saturated carbocycles. The van der Waals surface area contributed by atoms with Gasteiger partial charge in [0.2, 0.25) is 0 Å². The Balaban J connectivity index is 2.87. The monoisotopic (exact) mass is 194 g/mol. The van der Waals surface area contributed by atoms with E-state index in [1.54, 1.807) is 0 Å². The zero-order valence-corrected chi connectivity index (χ0v) is 7.39. The van der Waals surface area contributed by atoms with Crippen molar-refractivity contribution >= 4 is 5.78 Å². The Morgan fingerprint density at radius 3 is 2.43 bits per heavy atom. The van der Waals surface area contributed by atoms with Crippen LogP contribution in [-0.4, -0.2) is 5.78 Å². The molecule has 0 fully saturated rings. The van der Waals surface area contributed by atoms with E-state index in [0.29, 0.717) is 0 Å². The van der Waals surface area contributed by atoms with Crippen LogP contribution >= 0.6 is 0 Å². The number of ketones is 1. The molecular weight excluding hydrogens is 186 g/mol. The number of terminal acetylenes is 1. The molecule has 1 aromatic carbocycles. The SMILES string of the molecule is C#CCC(=O)Cc1c(F)cccc1F. The lowest BCUT2D eigenvalue weighted by molar-refractivity contribution is -0.117. The van der Waals surface area contributed by atoms with Crippen LogP contribution < -0.4 is 0 Å². The van der Waals surface area contributed by atoms with Gasteiger partial charge in [-0.1, -0.05) is 12.0 Å². The van der Waals surface area contributed by atoms with Crippen molar-refractivity contribution in [1.29, 1.82) is 0 Å². The van der Waals surface area contributed by atoms with Crippen LogP contribution in [0.25, 0.3) is 0 Å². The molecule has 0 aromatic heterocycles. The Labute approximate surface area is 80.7 Å². The van der Waals surface area contributed by atoms with Crippen LogP contribution in [0.4, 0.5) is 8.78 Å². The second-order valence-corrected chi connectivity index (χ2v) is 2.80. The summed E-state index contributed by atoms with van der Waals surface area (Å²) in [6.07, 6.45) is 4.51. The van der Waals surface area contributed by atoms with Gasteiger partial charge in [-0.05, 0) is 12.1 Å². The lowest BCUT2D eigenvalue weighted by Crippen LogP contribution is -2.05. The number of Topliss-reactive ketones (excluding diaryl/α,β-unsaturated/α-hetero) is 1. The summed E-state index contributed by atoms with van der Waals surface area (Å²) >= 11 is 0. The molecule has 0 radical (unpaired) electrons. The highest BCUT2D eigenvalue weighted by atomic mass is 19.1. The maximum Gasteiger partial charge on any atom is 0.149 e. The van der Waals surface area contributed by atoms with Gasteiger partial charge < -0.3 is 0 Å². The van der Waals surface area contributed by atoms with Crippen molar-refractivity contribution in [3.05, 3.63) is 35.4 Å². The highest BCUT2D eigenvalue weighted by Gasteiger charge is 2.11. The molecule has 14 heavy (non-hydrogen) atoms. The number of benzene rings is 1. The molecule has 0 atom stereocenters. The van der Waals surface area contributed by atoms with Crippen molar-refractivity contribution in [2.75, 3.05) is 0 Å². The molecular formula is C11H8F2O. The molecule has 0 aliphatic heterocycles. The molecule has 0 aliphatic rings. The molecule has 1 rings (SSSR count). The van der Waals surface area contributed by atoms with Gasteiger partial charge in [0.15, 0.2) is 0 Å². The van der Waals surface area contributed by atoms with Crippen molar-refractivity contribution < 1.29 is 13.6 Å². The van der Waals surface area contributed by atoms with E-state index in [9.17, 15) is 13.6 Å². The minimum Gasteiger partial charge on any atom is -0.298 e. The summed E-state index contributed by atoms with van der Waals surface area (Å²) < 4.78 is 26.0. The Hall–Kier alpha value is -1.69. The van der Waals surface area contributed by atoms with E-state index in [1.165, 1.54) is 6.07 Å². The Kier molecular flexibility index (Phi) is 3.35. The fourth-order valence-corrected chi connectivity index (χ4v) is 1.07. The average Bonchev–Trinajstić information content (AvgIpc) is 2.12. The van der Waals surface area contributed by atoms with Gasteiger partial charge in [0.05, 0.1) is 6.42 Å². The van der Waals surface area contributed by atoms with Crippen LogP contribution in [0.3, 0.4) is 0 Å². The van der Waals surface area contributed by atoms with E-state index in [4.69, 9.17) is 6.42 Å². The number of halogens is 2. The molecule has 0 spiro atoms. The van der Waals surface area contributed by atoms with Crippen LogP contribution in [-0.2, 0) is 11.2 Å². The topological polar surface area (TPSA) is 17.1 Å². The maximum absolute atomic E-state index is 13.0. The predicted molar refractivity (Wildman–Crippen MR) is 48.5 cm³/mol. The third-order valence-electron chi connectivity index (χ3n) is 1.73. The van der Waals surface area contributed by atoms with E-state index in [1.807, 2.05) is 0 Å². The largest absolute Gasteiger partial charge is 0.298 e. The number of rotatable bonds is 3. The van der Waals surface area contributed by atoms with Gasteiger partial charge in [-0.2, -0.15) is 0 Å². The first kappa shape index (κ1) is 10.4. The first-order valence-electron chi connectivity index (χ1n) is 4.03. The Morgan fingerprint density at radius 2 is 1.93 bits per heavy atom. The van der Waals surface area contributed by atoms with Crippen LogP contribution in [0.2, 0.25) is 0 Å². The first-order valence-corrected chi connectivity index (χ1v) is 4.03. The molecule has 0 bridgehead atoms. The lowest BCUT2D eigenvalue weighted by atomic mass is 10.1. The summed E-state index contributed by atoms with van der Waals surface area (Å²) in [7, 11) is 0. The summed E-state index contributed by atoms with van der Waals surface area (Å²) in [6.45, 7) is 0. The predicted octanol–water partition coefficient (Wildman–Crippen LogP) is 2.10. The summed E-state index contributed by atoms with van der Waals surface area (Å²) in [4.78, 5) is 11.0. The van der Waals surface area contributed by atoms with E-state index in [0.717, 1.165) is 12.1 Å². The van der Waals surface area contributed by atoms with Crippen LogP contribution in [0.5, 0.6) is 0 Å². The average molecular weight is 194 g/mol. The third-order valence-corrected chi connectivity index (χ3v) is 1.73. The molecule has 1 aromatic rings. The molecule has 0 aliphatic carbocycles. The summed E-state index contributed by atoms with van der Waals surface area (Å²) in [6, 6.07) is 3.48. The van der Waals surface area contributed by atoms with E-state index >= 15 is 0 Å². The molecule has 1 nitrogen and oxygen atoms in total. The van der Waals surface area contributed by atoms with E-state index < -0.39 is 11.6 Å². The Morgan fingerprint density at radius 1 is 1.36 bits per heavy atom. The van der Waals surface area contributed by atoms with Gasteiger partial charge in [0.25, 0.3) is 0 Å². The van der Waals surface area contributed by atoms with Crippen molar-refractivity contribution in [1.82, 2.24) is 0 Å². The van der Waals surface area contributed by atoms with E-state index in [2.05, 4.69) is 5.92 Å². The molecule has 3 heteroatoms. The van der Waals surface area contributed by atoms with Crippen molar-refractivity contribution in [3.63, 3.8) is 0 Å². The van der Waals surface area contributed by atoms with Gasteiger partial charge in [0.1, 0.15) is 17.4 Å². The van der Waals surface area contributed by atoms with Crippen molar-refractivity contribution in [3.8, 4) is 12.3 Å². The summed E-state index contributed by atoms with van der Waals surface area (Å²) in [5.41, 5.74) is -0.215. The van der Waals surface area contributed by atoms with Gasteiger partial charge in [0, 0.05) is 12.0 Å². The fourth-order valence-electron chi connectivity index (χ4n) is 1.07. The second-order valence-electron chi connectivity index (χ2n) is 2.80. The number of carbonyl (C=O) groups excluding carboxylic acids is 1. The zero-order chi connectivity index (χ0) is 10.6. The zero-order valence-electron chi connectivity index (χ0n) is 7.39. The van der Waals surface area contributed by atoms with Crippen LogP contribution in [0, 0.1) is 24.0 Å². The number of hydrogen-bond acceptors (Lipinski definition) is 1. The highest BCUT2D eigenvalue weighted by Crippen LogP contribution is 2.13. The van der Waals surface area contributed by atoms with Gasteiger partial charge in [-0.15, -0.1) is 6.42 Å². The molecule has 72 valence electrons. The number of hydrogen-bond donors (Lipinski definition) is 0. The molecule has 0 heterocycles. The number of carbonyl (C=O) groups is 1. The van der Waals surface area contributed by atoms with Gasteiger partial charge >= 0.3 is 0 Å². The van der Waals surface area contributed by atoms with Crippen LogP contribution in [0.15, 0.2) is 18.2 Å². The van der Waals surface area contributed by atoms with Crippen molar-refractivity contribution in [2.24, 2.45) is 0 Å². The Bertz CT molecular complexity index is 371. The fraction of sp³-hybridized carbons (Fsp3) is 0.182. The summed E-state index contributed by atoms with van der Waals surface area (Å²) in [5.74, 6) is 0.343. The second kappa shape index (κ2) is 4.52. The van der Waals surface area contributed by atoms with Gasteiger partial charge in [-0.3, -0.25) is 4.79 Å². The molecule has 0 amide bonds. The molecule has 0 unspecified atom stereocenters. The molecule has 0 saturated heterocycles. The normalized spacial score (nSPS) is 9.50. The van der Waals surface area contributed by atoms with Gasteiger partial charge in [-0.25, -0.2) is 8.78 Å². The molecule has 0 N–H and O–H groups in total. The third kappa shape index (κ3) is 2.40. The highest BCUT2D eigenvalue weighted by molar-refractivity contribution is 5.83. The first-order chi connectivity index (χ1) is 6.65. The minimum absolute atomic E-state index is 0.103. The lowest BCUT2D eigenvalue weighted by Gasteiger charge is -2.01. The van der Waals surface area contributed by atoms with Crippen molar-refractivity contribution in [2.45, 2.75) is 12.8 Å². The van der Waals surface area contributed by atoms with Crippen LogP contribution in [0.1, 0.15) is 12.0 Å². The van der Waals surface area contributed by atoms with E-state index in [-0.39, 0.29) is 24.2 Å². The summed E-state index contributed by atoms with van der Waals surface area (Å²) in [5, 5.41) is 0. The smallest absolute Gasteiger partial charge is 0.149 e.